The van der Waals surface area contributed by atoms with E-state index in [2.05, 4.69) is 39.8 Å². The number of carbonyl (C=O) groups is 3. The smallest absolute Gasteiger partial charge is 0.407 e. The van der Waals surface area contributed by atoms with Crippen LogP contribution in [-0.2, 0) is 42.6 Å². The summed E-state index contributed by atoms with van der Waals surface area (Å²) in [6, 6.07) is 18.4. The van der Waals surface area contributed by atoms with Crippen molar-refractivity contribution in [1.82, 2.24) is 35.4 Å². The number of imidazole rings is 1. The Morgan fingerprint density at radius 1 is 0.880 bits per heavy atom. The second-order valence-electron chi connectivity index (χ2n) is 13.4. The van der Waals surface area contributed by atoms with Gasteiger partial charge in [0.05, 0.1) is 35.5 Å². The van der Waals surface area contributed by atoms with Gasteiger partial charge < -0.3 is 30.2 Å². The standard InChI is InChI=1S/C38H51N7O4S/c1-26(2)34(43-37(47)44(5)22-32-24-50-36(41-32)27(3)4)35(46)40-30(19-28-13-9-7-10-14-28)17-18-31(20-29-15-11-8-12-16-29)42-38(48)49-23-33-21-39-25-45(33)6/h7-16,21,24-27,30-31,34H,17-20,22-23H2,1-6H3,(H,40,46)(H,42,48)(H,43,47). The Kier molecular flexibility index (Phi) is 14.4. The molecule has 3 atom stereocenters. The Labute approximate surface area is 299 Å². The molecule has 0 bridgehead atoms. The van der Waals surface area contributed by atoms with Gasteiger partial charge in [0, 0.05) is 37.5 Å². The monoisotopic (exact) mass is 701 g/mol. The molecular formula is C38H51N7O4S. The van der Waals surface area contributed by atoms with Crippen LogP contribution in [0.1, 0.15) is 74.0 Å². The average molecular weight is 702 g/mol. The van der Waals surface area contributed by atoms with Gasteiger partial charge in [-0.3, -0.25) is 4.79 Å². The lowest BCUT2D eigenvalue weighted by Gasteiger charge is -2.28. The van der Waals surface area contributed by atoms with Crippen molar-refractivity contribution in [3.63, 3.8) is 0 Å². The van der Waals surface area contributed by atoms with Crippen molar-refractivity contribution >= 4 is 29.4 Å². The summed E-state index contributed by atoms with van der Waals surface area (Å²) < 4.78 is 7.34. The van der Waals surface area contributed by atoms with E-state index in [1.807, 2.05) is 86.9 Å². The number of benzene rings is 2. The molecule has 4 aromatic rings. The van der Waals surface area contributed by atoms with Crippen molar-refractivity contribution in [2.24, 2.45) is 13.0 Å². The molecule has 4 rings (SSSR count). The number of nitrogens with zero attached hydrogens (tertiary/aromatic N) is 4. The molecule has 11 nitrogen and oxygen atoms in total. The van der Waals surface area contributed by atoms with Crippen LogP contribution in [0.5, 0.6) is 0 Å². The highest BCUT2D eigenvalue weighted by Gasteiger charge is 2.28. The number of aryl methyl sites for hydroxylation is 1. The molecule has 0 spiro atoms. The lowest BCUT2D eigenvalue weighted by Crippen LogP contribution is -2.54. The van der Waals surface area contributed by atoms with Gasteiger partial charge in [0.2, 0.25) is 5.91 Å². The van der Waals surface area contributed by atoms with E-state index >= 15 is 0 Å². The molecule has 12 heteroatoms. The molecular weight excluding hydrogens is 651 g/mol. The van der Waals surface area contributed by atoms with E-state index in [9.17, 15) is 14.4 Å². The van der Waals surface area contributed by atoms with Crippen molar-refractivity contribution in [2.45, 2.75) is 90.6 Å². The zero-order chi connectivity index (χ0) is 36.0. The molecule has 0 aliphatic rings. The SMILES string of the molecule is CC(C)c1nc(CN(C)C(=O)NC(C(=O)NC(CCC(Cc2ccccc2)NC(=O)OCc2cncn2C)Cc2ccccc2)C(C)C)cs1. The number of amides is 4. The number of alkyl carbamates (subject to hydrolysis) is 1. The number of carbonyl (C=O) groups excluding carboxylic acids is 3. The normalized spacial score (nSPS) is 13.0. The minimum Gasteiger partial charge on any atom is -0.443 e. The van der Waals surface area contributed by atoms with Gasteiger partial charge in [0.15, 0.2) is 0 Å². The van der Waals surface area contributed by atoms with Gasteiger partial charge in [-0.1, -0.05) is 88.4 Å². The molecule has 3 unspecified atom stereocenters. The van der Waals surface area contributed by atoms with Crippen molar-refractivity contribution in [2.75, 3.05) is 7.05 Å². The molecule has 0 saturated carbocycles. The van der Waals surface area contributed by atoms with Crippen LogP contribution >= 0.6 is 11.3 Å². The molecule has 3 N–H and O–H groups in total. The van der Waals surface area contributed by atoms with Crippen molar-refractivity contribution in [3.05, 3.63) is 106 Å². The predicted octanol–water partition coefficient (Wildman–Crippen LogP) is 6.21. The largest absolute Gasteiger partial charge is 0.443 e. The number of nitrogens with one attached hydrogen (secondary N) is 3. The minimum atomic E-state index is -0.745. The molecule has 0 fully saturated rings. The number of thiazole rings is 1. The second-order valence-corrected chi connectivity index (χ2v) is 14.3. The van der Waals surface area contributed by atoms with Crippen LogP contribution in [0.15, 0.2) is 78.6 Å². The van der Waals surface area contributed by atoms with E-state index in [1.54, 1.807) is 40.4 Å². The second kappa shape index (κ2) is 18.9. The summed E-state index contributed by atoms with van der Waals surface area (Å²) in [6.45, 7) is 8.47. The first-order valence-corrected chi connectivity index (χ1v) is 18.1. The summed E-state index contributed by atoms with van der Waals surface area (Å²) in [5.74, 6) is -0.0824. The number of urea groups is 1. The zero-order valence-electron chi connectivity index (χ0n) is 30.0. The van der Waals surface area contributed by atoms with E-state index < -0.39 is 12.1 Å². The predicted molar refractivity (Wildman–Crippen MR) is 197 cm³/mol. The quantitative estimate of drug-likeness (QED) is 0.120. The Morgan fingerprint density at radius 2 is 1.48 bits per heavy atom. The average Bonchev–Trinajstić information content (AvgIpc) is 3.74. The van der Waals surface area contributed by atoms with E-state index in [4.69, 9.17) is 4.74 Å². The molecule has 0 aliphatic carbocycles. The maximum Gasteiger partial charge on any atom is 0.407 e. The summed E-state index contributed by atoms with van der Waals surface area (Å²) in [6.07, 6.45) is 5.18. The lowest BCUT2D eigenvalue weighted by molar-refractivity contribution is -0.124. The summed E-state index contributed by atoms with van der Waals surface area (Å²) in [4.78, 5) is 50.4. The number of hydrogen-bond donors (Lipinski definition) is 3. The van der Waals surface area contributed by atoms with Crippen LogP contribution in [0.3, 0.4) is 0 Å². The number of rotatable bonds is 17. The summed E-state index contributed by atoms with van der Waals surface area (Å²) in [5, 5.41) is 12.3. The van der Waals surface area contributed by atoms with Gasteiger partial charge in [-0.2, -0.15) is 0 Å². The molecule has 2 aromatic heterocycles. The van der Waals surface area contributed by atoms with E-state index in [-0.39, 0.29) is 36.5 Å². The Morgan fingerprint density at radius 3 is 2.00 bits per heavy atom. The van der Waals surface area contributed by atoms with Crippen LogP contribution < -0.4 is 16.0 Å². The van der Waals surface area contributed by atoms with Crippen LogP contribution in [0.25, 0.3) is 0 Å². The van der Waals surface area contributed by atoms with Gasteiger partial charge in [-0.05, 0) is 42.7 Å². The number of ether oxygens (including phenoxy) is 1. The first-order chi connectivity index (χ1) is 24.0. The topological polar surface area (TPSA) is 130 Å². The number of aromatic nitrogens is 3. The fourth-order valence-electron chi connectivity index (χ4n) is 5.57. The maximum absolute atomic E-state index is 13.9. The van der Waals surface area contributed by atoms with Crippen LogP contribution in [0.4, 0.5) is 9.59 Å². The van der Waals surface area contributed by atoms with Gasteiger partial charge in [0.25, 0.3) is 0 Å². The van der Waals surface area contributed by atoms with Crippen LogP contribution in [0, 0.1) is 5.92 Å². The molecule has 0 radical (unpaired) electrons. The van der Waals surface area contributed by atoms with E-state index in [0.717, 1.165) is 27.5 Å². The Bertz CT molecular complexity index is 1640. The third-order valence-corrected chi connectivity index (χ3v) is 9.68. The maximum atomic E-state index is 13.9. The zero-order valence-corrected chi connectivity index (χ0v) is 30.8. The highest BCUT2D eigenvalue weighted by Crippen LogP contribution is 2.20. The van der Waals surface area contributed by atoms with Crippen molar-refractivity contribution in [1.29, 1.82) is 0 Å². The summed E-state index contributed by atoms with van der Waals surface area (Å²) in [7, 11) is 3.56. The van der Waals surface area contributed by atoms with Gasteiger partial charge in [0.1, 0.15) is 12.6 Å². The first-order valence-electron chi connectivity index (χ1n) is 17.2. The molecule has 0 aliphatic heterocycles. The molecule has 0 saturated heterocycles. The fourth-order valence-corrected chi connectivity index (χ4v) is 6.39. The van der Waals surface area contributed by atoms with Crippen molar-refractivity contribution in [3.8, 4) is 0 Å². The Hall–Kier alpha value is -4.71. The van der Waals surface area contributed by atoms with Gasteiger partial charge in [-0.25, -0.2) is 19.6 Å². The van der Waals surface area contributed by atoms with Gasteiger partial charge in [-0.15, -0.1) is 11.3 Å². The van der Waals surface area contributed by atoms with E-state index in [0.29, 0.717) is 38.1 Å². The highest BCUT2D eigenvalue weighted by molar-refractivity contribution is 7.09. The molecule has 268 valence electrons. The summed E-state index contributed by atoms with van der Waals surface area (Å²) in [5.41, 5.74) is 3.77. The molecule has 4 amide bonds. The molecule has 50 heavy (non-hydrogen) atoms. The molecule has 2 heterocycles. The third-order valence-electron chi connectivity index (χ3n) is 8.49. The van der Waals surface area contributed by atoms with E-state index in [1.165, 1.54) is 0 Å². The lowest BCUT2D eigenvalue weighted by atomic mass is 9.95. The Balaban J connectivity index is 1.43. The minimum absolute atomic E-state index is 0.105. The first kappa shape index (κ1) is 38.1. The van der Waals surface area contributed by atoms with Crippen molar-refractivity contribution < 1.29 is 19.1 Å². The summed E-state index contributed by atoms with van der Waals surface area (Å²) >= 11 is 1.59. The van der Waals surface area contributed by atoms with Gasteiger partial charge >= 0.3 is 12.1 Å². The number of hydrogen-bond acceptors (Lipinski definition) is 7. The highest BCUT2D eigenvalue weighted by atomic mass is 32.1. The third kappa shape index (κ3) is 12.0. The van der Waals surface area contributed by atoms with Crippen LogP contribution in [-0.4, -0.2) is 62.6 Å². The van der Waals surface area contributed by atoms with Crippen LogP contribution in [0.2, 0.25) is 0 Å². The molecule has 2 aromatic carbocycles. The fraction of sp³-hybridized carbons (Fsp3) is 0.447.